The molecule has 0 saturated carbocycles. The van der Waals surface area contributed by atoms with Gasteiger partial charge in [-0.15, -0.1) is 0 Å². The summed E-state index contributed by atoms with van der Waals surface area (Å²) in [7, 11) is 0. The molecule has 0 amide bonds. The fraction of sp³-hybridized carbons (Fsp3) is 1.00. The second-order valence-corrected chi connectivity index (χ2v) is 4.69. The van der Waals surface area contributed by atoms with E-state index in [0.717, 1.165) is 5.75 Å². The van der Waals surface area contributed by atoms with Gasteiger partial charge in [0.05, 0.1) is 0 Å². The van der Waals surface area contributed by atoms with E-state index in [9.17, 15) is 0 Å². The molecule has 0 aromatic rings. The van der Waals surface area contributed by atoms with Gasteiger partial charge in [-0.25, -0.2) is 0 Å². The van der Waals surface area contributed by atoms with Crippen LogP contribution in [0.3, 0.4) is 0 Å². The van der Waals surface area contributed by atoms with E-state index in [1.54, 1.807) is 0 Å². The second-order valence-electron chi connectivity index (χ2n) is 4.25. The first kappa shape index (κ1) is 14.3. The Morgan fingerprint density at radius 1 is 1.07 bits per heavy atom. The van der Waals surface area contributed by atoms with Gasteiger partial charge in [-0.1, -0.05) is 27.2 Å². The second kappa shape index (κ2) is 7.58. The topological polar surface area (TPSA) is 3.24 Å². The van der Waals surface area contributed by atoms with E-state index < -0.39 is 0 Å². The third-order valence-electron chi connectivity index (χ3n) is 3.19. The Hall–Kier alpha value is 0.310. The summed E-state index contributed by atoms with van der Waals surface area (Å²) in [5.41, 5.74) is 0.404. The molecule has 0 bridgehead atoms. The Balaban J connectivity index is 4.33. The van der Waals surface area contributed by atoms with Crippen LogP contribution < -0.4 is 0 Å². The summed E-state index contributed by atoms with van der Waals surface area (Å²) >= 11 is 4.31. The van der Waals surface area contributed by atoms with Crippen molar-refractivity contribution in [2.45, 2.75) is 58.9 Å². The Kier molecular flexibility index (Phi) is 7.75. The molecule has 0 heterocycles. The molecular formula is C12H27NS. The van der Waals surface area contributed by atoms with Crippen molar-refractivity contribution in [1.82, 2.24) is 4.90 Å². The lowest BCUT2D eigenvalue weighted by atomic mass is 9.89. The Labute approximate surface area is 95.7 Å². The lowest BCUT2D eigenvalue weighted by Gasteiger charge is -2.40. The molecule has 0 N–H and O–H groups in total. The molecular weight excluding hydrogens is 190 g/mol. The largest absolute Gasteiger partial charge is 0.298 e. The average molecular weight is 217 g/mol. The van der Waals surface area contributed by atoms with Crippen LogP contribution in [0.25, 0.3) is 0 Å². The summed E-state index contributed by atoms with van der Waals surface area (Å²) < 4.78 is 0. The van der Waals surface area contributed by atoms with E-state index >= 15 is 0 Å². The van der Waals surface area contributed by atoms with Crippen molar-refractivity contribution < 1.29 is 0 Å². The number of hydrogen-bond donors (Lipinski definition) is 1. The molecule has 0 saturated heterocycles. The summed E-state index contributed by atoms with van der Waals surface area (Å²) in [6, 6.07) is 0. The van der Waals surface area contributed by atoms with Crippen LogP contribution in [0.1, 0.15) is 53.4 Å². The molecule has 1 unspecified atom stereocenters. The minimum absolute atomic E-state index is 0.404. The molecule has 0 aliphatic carbocycles. The number of nitrogens with zero attached hydrogens (tertiary/aromatic N) is 1. The van der Waals surface area contributed by atoms with Crippen molar-refractivity contribution in [2.24, 2.45) is 0 Å². The van der Waals surface area contributed by atoms with Crippen LogP contribution in [0.4, 0.5) is 0 Å². The van der Waals surface area contributed by atoms with Crippen LogP contribution in [0.15, 0.2) is 0 Å². The molecule has 1 nitrogen and oxygen atoms in total. The lowest BCUT2D eigenvalue weighted by molar-refractivity contribution is 0.0962. The molecule has 86 valence electrons. The first-order valence-corrected chi connectivity index (χ1v) is 6.63. The van der Waals surface area contributed by atoms with E-state index in [1.807, 2.05) is 0 Å². The zero-order valence-corrected chi connectivity index (χ0v) is 11.2. The maximum atomic E-state index is 4.31. The molecule has 0 rings (SSSR count). The first-order chi connectivity index (χ1) is 6.64. The van der Waals surface area contributed by atoms with Gasteiger partial charge >= 0.3 is 0 Å². The summed E-state index contributed by atoms with van der Waals surface area (Å²) in [5.74, 6) is 1.01. The van der Waals surface area contributed by atoms with Gasteiger partial charge < -0.3 is 0 Å². The molecule has 0 aromatic heterocycles. The van der Waals surface area contributed by atoms with Gasteiger partial charge in [-0.3, -0.25) is 4.90 Å². The summed E-state index contributed by atoms with van der Waals surface area (Å²) in [6.45, 7) is 11.5. The summed E-state index contributed by atoms with van der Waals surface area (Å²) in [5, 5.41) is 0. The van der Waals surface area contributed by atoms with Gasteiger partial charge in [0.25, 0.3) is 0 Å². The fourth-order valence-electron chi connectivity index (χ4n) is 2.43. The zero-order valence-electron chi connectivity index (χ0n) is 10.3. The predicted molar refractivity (Wildman–Crippen MR) is 69.3 cm³/mol. The third-order valence-corrected chi connectivity index (χ3v) is 3.51. The standard InChI is InChI=1S/C12H27NS/c1-5-9-12(4,10-8-11-14)13(6-2)7-3/h14H,5-11H2,1-4H3. The molecule has 1 atom stereocenters. The Morgan fingerprint density at radius 3 is 2.00 bits per heavy atom. The van der Waals surface area contributed by atoms with Crippen LogP contribution in [0, 0.1) is 0 Å². The van der Waals surface area contributed by atoms with Crippen LogP contribution in [0.5, 0.6) is 0 Å². The van der Waals surface area contributed by atoms with Crippen molar-refractivity contribution in [1.29, 1.82) is 0 Å². The van der Waals surface area contributed by atoms with Crippen LogP contribution >= 0.6 is 12.6 Å². The molecule has 0 radical (unpaired) electrons. The highest BCUT2D eigenvalue weighted by molar-refractivity contribution is 7.80. The highest BCUT2D eigenvalue weighted by atomic mass is 32.1. The number of rotatable bonds is 8. The van der Waals surface area contributed by atoms with Gasteiger partial charge in [-0.05, 0) is 45.0 Å². The predicted octanol–water partition coefficient (Wildman–Crippen LogP) is 3.60. The highest BCUT2D eigenvalue weighted by Crippen LogP contribution is 2.26. The van der Waals surface area contributed by atoms with Gasteiger partial charge in [0.2, 0.25) is 0 Å². The van der Waals surface area contributed by atoms with Crippen molar-refractivity contribution in [3.63, 3.8) is 0 Å². The molecule has 14 heavy (non-hydrogen) atoms. The quantitative estimate of drug-likeness (QED) is 0.608. The molecule has 0 aromatic carbocycles. The van der Waals surface area contributed by atoms with Crippen LogP contribution in [0.2, 0.25) is 0 Å². The molecule has 0 aliphatic heterocycles. The van der Waals surface area contributed by atoms with Crippen molar-refractivity contribution in [3.05, 3.63) is 0 Å². The average Bonchev–Trinajstić information content (AvgIpc) is 2.17. The number of hydrogen-bond acceptors (Lipinski definition) is 2. The molecule has 0 fully saturated rings. The SMILES string of the molecule is CCCC(C)(CCCS)N(CC)CC. The Bertz CT molecular complexity index is 134. The monoisotopic (exact) mass is 217 g/mol. The molecule has 2 heteroatoms. The van der Waals surface area contributed by atoms with E-state index in [-0.39, 0.29) is 0 Å². The lowest BCUT2D eigenvalue weighted by Crippen LogP contribution is -2.46. The maximum absolute atomic E-state index is 4.31. The van der Waals surface area contributed by atoms with Crippen LogP contribution in [-0.4, -0.2) is 29.3 Å². The van der Waals surface area contributed by atoms with E-state index in [4.69, 9.17) is 0 Å². The van der Waals surface area contributed by atoms with Gasteiger partial charge in [0.15, 0.2) is 0 Å². The maximum Gasteiger partial charge on any atom is 0.0181 e. The van der Waals surface area contributed by atoms with Gasteiger partial charge in [0.1, 0.15) is 0 Å². The number of thiol groups is 1. The minimum atomic E-state index is 0.404. The fourth-order valence-corrected chi connectivity index (χ4v) is 2.58. The van der Waals surface area contributed by atoms with Crippen molar-refractivity contribution >= 4 is 12.6 Å². The third kappa shape index (κ3) is 4.22. The van der Waals surface area contributed by atoms with Crippen molar-refractivity contribution in [3.8, 4) is 0 Å². The summed E-state index contributed by atoms with van der Waals surface area (Å²) in [6.07, 6.45) is 5.10. The normalized spacial score (nSPS) is 15.9. The zero-order chi connectivity index (χ0) is 11.0. The van der Waals surface area contributed by atoms with Crippen LogP contribution in [-0.2, 0) is 0 Å². The Morgan fingerprint density at radius 2 is 1.64 bits per heavy atom. The first-order valence-electron chi connectivity index (χ1n) is 6.00. The van der Waals surface area contributed by atoms with Crippen molar-refractivity contribution in [2.75, 3.05) is 18.8 Å². The van der Waals surface area contributed by atoms with E-state index in [0.29, 0.717) is 5.54 Å². The molecule has 0 spiro atoms. The van der Waals surface area contributed by atoms with E-state index in [2.05, 4.69) is 45.2 Å². The summed E-state index contributed by atoms with van der Waals surface area (Å²) in [4.78, 5) is 2.60. The van der Waals surface area contributed by atoms with Gasteiger partial charge in [0, 0.05) is 5.54 Å². The smallest absolute Gasteiger partial charge is 0.0181 e. The molecule has 0 aliphatic rings. The van der Waals surface area contributed by atoms with Gasteiger partial charge in [-0.2, -0.15) is 12.6 Å². The van der Waals surface area contributed by atoms with E-state index in [1.165, 1.54) is 38.8 Å². The highest BCUT2D eigenvalue weighted by Gasteiger charge is 2.27. The minimum Gasteiger partial charge on any atom is -0.298 e.